The van der Waals surface area contributed by atoms with Crippen molar-refractivity contribution >= 4 is 19.0 Å². The minimum Gasteiger partial charge on any atom is -0.284 e. The van der Waals surface area contributed by atoms with E-state index in [1.165, 1.54) is 12.1 Å². The highest BCUT2D eigenvalue weighted by atomic mass is 28.3. The zero-order chi connectivity index (χ0) is 13.3. The van der Waals surface area contributed by atoms with Crippen LogP contribution in [0.1, 0.15) is 10.4 Å². The lowest BCUT2D eigenvalue weighted by molar-refractivity contribution is -0.0885. The van der Waals surface area contributed by atoms with Crippen LogP contribution in [-0.2, 0) is 0 Å². The van der Waals surface area contributed by atoms with E-state index in [-0.39, 0.29) is 0 Å². The lowest BCUT2D eigenvalue weighted by Gasteiger charge is -2.18. The Morgan fingerprint density at radius 3 is 2.00 bits per heavy atom. The standard InChI is InChI=1S/C11H12F4OSi/c1-17(2,7-12)9-5-3-8(4-6-9)10(16)11(13,14)15/h3-6H,7H2,1-2H3. The summed E-state index contributed by atoms with van der Waals surface area (Å²) in [5.74, 6) is -1.87. The molecule has 6 heteroatoms. The van der Waals surface area contributed by atoms with E-state index in [1.807, 2.05) is 0 Å². The van der Waals surface area contributed by atoms with Crippen LogP contribution in [0, 0.1) is 0 Å². The van der Waals surface area contributed by atoms with Gasteiger partial charge in [-0.2, -0.15) is 13.2 Å². The molecule has 0 radical (unpaired) electrons. The van der Waals surface area contributed by atoms with Gasteiger partial charge in [0.2, 0.25) is 0 Å². The molecule has 0 saturated carbocycles. The molecule has 0 aliphatic heterocycles. The van der Waals surface area contributed by atoms with Crippen LogP contribution in [0.25, 0.3) is 0 Å². The number of ketones is 1. The first-order valence-corrected chi connectivity index (χ1v) is 8.17. The van der Waals surface area contributed by atoms with E-state index in [4.69, 9.17) is 0 Å². The number of hydrogen-bond acceptors (Lipinski definition) is 1. The number of carbonyl (C=O) groups excluding carboxylic acids is 1. The zero-order valence-corrected chi connectivity index (χ0v) is 10.4. The molecule has 0 fully saturated rings. The molecule has 1 nitrogen and oxygen atoms in total. The number of hydrogen-bond donors (Lipinski definition) is 0. The average Bonchev–Trinajstić information content (AvgIpc) is 2.27. The van der Waals surface area contributed by atoms with Crippen LogP contribution in [0.5, 0.6) is 0 Å². The van der Waals surface area contributed by atoms with Gasteiger partial charge in [-0.1, -0.05) is 42.5 Å². The van der Waals surface area contributed by atoms with Crippen molar-refractivity contribution in [3.63, 3.8) is 0 Å². The van der Waals surface area contributed by atoms with Gasteiger partial charge in [-0.3, -0.25) is 9.18 Å². The lowest BCUT2D eigenvalue weighted by atomic mass is 10.1. The van der Waals surface area contributed by atoms with E-state index in [0.29, 0.717) is 5.19 Å². The first kappa shape index (κ1) is 13.9. The van der Waals surface area contributed by atoms with Crippen LogP contribution in [0.3, 0.4) is 0 Å². The van der Waals surface area contributed by atoms with E-state index < -0.39 is 31.9 Å². The van der Waals surface area contributed by atoms with Crippen molar-refractivity contribution in [3.05, 3.63) is 29.8 Å². The largest absolute Gasteiger partial charge is 0.454 e. The van der Waals surface area contributed by atoms with Crippen LogP contribution in [0.4, 0.5) is 17.6 Å². The summed E-state index contributed by atoms with van der Waals surface area (Å²) in [5, 5.41) is 0.693. The quantitative estimate of drug-likeness (QED) is 0.466. The van der Waals surface area contributed by atoms with E-state index in [9.17, 15) is 22.4 Å². The molecule has 17 heavy (non-hydrogen) atoms. The Kier molecular flexibility index (Phi) is 3.76. The van der Waals surface area contributed by atoms with Crippen molar-refractivity contribution in [1.29, 1.82) is 0 Å². The molecule has 0 amide bonds. The Morgan fingerprint density at radius 1 is 1.18 bits per heavy atom. The third-order valence-electron chi connectivity index (χ3n) is 2.52. The summed E-state index contributed by atoms with van der Waals surface area (Å²) in [6.45, 7) is 3.54. The minimum absolute atomic E-state index is 0.412. The molecule has 1 rings (SSSR count). The molecule has 0 spiro atoms. The molecule has 0 heterocycles. The molecule has 94 valence electrons. The Balaban J connectivity index is 3.01. The molecule has 0 saturated heterocycles. The maximum atomic E-state index is 12.7. The number of alkyl halides is 4. The van der Waals surface area contributed by atoms with Crippen LogP contribution in [-0.4, -0.2) is 26.3 Å². The predicted molar refractivity (Wildman–Crippen MR) is 59.9 cm³/mol. The van der Waals surface area contributed by atoms with Crippen molar-refractivity contribution < 1.29 is 22.4 Å². The second kappa shape index (κ2) is 4.60. The number of carbonyl (C=O) groups is 1. The second-order valence-corrected chi connectivity index (χ2v) is 9.03. The summed E-state index contributed by atoms with van der Waals surface area (Å²) >= 11 is 0. The highest BCUT2D eigenvalue weighted by Gasteiger charge is 2.39. The van der Waals surface area contributed by atoms with E-state index in [2.05, 4.69) is 0 Å². The summed E-state index contributed by atoms with van der Waals surface area (Å²) in [5.41, 5.74) is -0.412. The van der Waals surface area contributed by atoms with Gasteiger partial charge >= 0.3 is 6.18 Å². The number of benzene rings is 1. The topological polar surface area (TPSA) is 17.1 Å². The molecule has 1 aromatic rings. The average molecular weight is 264 g/mol. The van der Waals surface area contributed by atoms with Gasteiger partial charge in [0.15, 0.2) is 0 Å². The van der Waals surface area contributed by atoms with Crippen LogP contribution in [0.2, 0.25) is 13.1 Å². The SMILES string of the molecule is C[Si](C)(CF)c1ccc(C(=O)C(F)(F)F)cc1. The van der Waals surface area contributed by atoms with Crippen LogP contribution < -0.4 is 5.19 Å². The lowest BCUT2D eigenvalue weighted by Crippen LogP contribution is -2.44. The highest BCUT2D eigenvalue weighted by Crippen LogP contribution is 2.21. The first-order valence-electron chi connectivity index (χ1n) is 4.96. The van der Waals surface area contributed by atoms with Crippen LogP contribution >= 0.6 is 0 Å². The highest BCUT2D eigenvalue weighted by molar-refractivity contribution is 6.89. The summed E-state index contributed by atoms with van der Waals surface area (Å²) in [6, 6.07) is 5.03. The molecular weight excluding hydrogens is 252 g/mol. The van der Waals surface area contributed by atoms with Crippen molar-refractivity contribution in [1.82, 2.24) is 0 Å². The van der Waals surface area contributed by atoms with E-state index in [1.54, 1.807) is 13.1 Å². The molecule has 1 aromatic carbocycles. The number of Topliss-reactive ketones (excluding diaryl/α,β-unsaturated/α-hetero) is 1. The Labute approximate surface area is 97.5 Å². The zero-order valence-electron chi connectivity index (χ0n) is 9.44. The van der Waals surface area contributed by atoms with Gasteiger partial charge in [-0.05, 0) is 0 Å². The number of rotatable bonds is 3. The number of halogens is 4. The van der Waals surface area contributed by atoms with Crippen molar-refractivity contribution in [2.75, 3.05) is 6.30 Å². The van der Waals surface area contributed by atoms with Gasteiger partial charge in [-0.15, -0.1) is 0 Å². The molecule has 0 aliphatic carbocycles. The third-order valence-corrected chi connectivity index (χ3v) is 5.08. The molecule has 0 atom stereocenters. The van der Waals surface area contributed by atoms with Gasteiger partial charge in [0, 0.05) is 5.56 Å². The first-order chi connectivity index (χ1) is 7.68. The summed E-state index contributed by atoms with van der Waals surface area (Å²) < 4.78 is 49.1. The van der Waals surface area contributed by atoms with Gasteiger partial charge in [-0.25, -0.2) is 0 Å². The summed E-state index contributed by atoms with van der Waals surface area (Å²) in [4.78, 5) is 10.9. The third kappa shape index (κ3) is 3.15. The summed E-state index contributed by atoms with van der Waals surface area (Å²) in [7, 11) is -2.22. The van der Waals surface area contributed by atoms with E-state index >= 15 is 0 Å². The predicted octanol–water partition coefficient (Wildman–Crippen LogP) is 2.86. The monoisotopic (exact) mass is 264 g/mol. The Bertz CT molecular complexity index is 408. The van der Waals surface area contributed by atoms with Gasteiger partial charge in [0.25, 0.3) is 5.78 Å². The Morgan fingerprint density at radius 2 is 1.65 bits per heavy atom. The fourth-order valence-corrected chi connectivity index (χ4v) is 2.54. The fraction of sp³-hybridized carbons (Fsp3) is 0.364. The van der Waals surface area contributed by atoms with Gasteiger partial charge < -0.3 is 0 Å². The smallest absolute Gasteiger partial charge is 0.284 e. The molecule has 0 N–H and O–H groups in total. The summed E-state index contributed by atoms with van der Waals surface area (Å²) in [6.07, 6.45) is -5.35. The van der Waals surface area contributed by atoms with E-state index in [0.717, 1.165) is 12.1 Å². The van der Waals surface area contributed by atoms with Crippen LogP contribution in [0.15, 0.2) is 24.3 Å². The maximum Gasteiger partial charge on any atom is 0.454 e. The normalized spacial score (nSPS) is 12.6. The molecule has 0 bridgehead atoms. The van der Waals surface area contributed by atoms with Gasteiger partial charge in [0.05, 0.1) is 6.30 Å². The molecular formula is C11H12F4OSi. The molecule has 0 unspecified atom stereocenters. The van der Waals surface area contributed by atoms with Crippen molar-refractivity contribution in [2.45, 2.75) is 19.3 Å². The van der Waals surface area contributed by atoms with Crippen molar-refractivity contribution in [3.8, 4) is 0 Å². The fourth-order valence-electron chi connectivity index (χ4n) is 1.31. The Hall–Kier alpha value is -1.17. The molecule has 0 aromatic heterocycles. The van der Waals surface area contributed by atoms with Crippen molar-refractivity contribution in [2.24, 2.45) is 0 Å². The minimum atomic E-state index is -4.87. The van der Waals surface area contributed by atoms with Gasteiger partial charge in [0.1, 0.15) is 8.07 Å². The maximum absolute atomic E-state index is 12.7. The molecule has 0 aliphatic rings. The second-order valence-electron chi connectivity index (χ2n) is 4.42.